The average molecular weight is 485 g/mol. The average Bonchev–Trinajstić information content (AvgIpc) is 2.90. The number of rotatable bonds is 17. The summed E-state index contributed by atoms with van der Waals surface area (Å²) in [6.07, 6.45) is 26.6. The van der Waals surface area contributed by atoms with Gasteiger partial charge in [0.25, 0.3) is 0 Å². The van der Waals surface area contributed by atoms with Crippen LogP contribution in [0, 0.1) is 23.7 Å². The van der Waals surface area contributed by atoms with Gasteiger partial charge < -0.3 is 9.47 Å². The molecule has 0 N–H and O–H groups in total. The van der Waals surface area contributed by atoms with Gasteiger partial charge in [-0.05, 0) is 73.6 Å². The van der Waals surface area contributed by atoms with E-state index < -0.39 is 0 Å². The van der Waals surface area contributed by atoms with Crippen LogP contribution in [0.2, 0.25) is 0 Å². The first-order valence-electron chi connectivity index (χ1n) is 15.6. The largest absolute Gasteiger partial charge is 0.494 e. The van der Waals surface area contributed by atoms with Gasteiger partial charge in [0.05, 0.1) is 13.2 Å². The fourth-order valence-corrected chi connectivity index (χ4v) is 6.63. The van der Waals surface area contributed by atoms with Crippen LogP contribution in [-0.4, -0.2) is 13.2 Å². The monoisotopic (exact) mass is 484 g/mol. The van der Waals surface area contributed by atoms with Gasteiger partial charge in [0, 0.05) is 0 Å². The first-order valence-corrected chi connectivity index (χ1v) is 15.6. The van der Waals surface area contributed by atoms with E-state index in [4.69, 9.17) is 9.47 Å². The van der Waals surface area contributed by atoms with Crippen molar-refractivity contribution in [1.29, 1.82) is 0 Å². The Bertz CT molecular complexity index is 631. The van der Waals surface area contributed by atoms with Crippen molar-refractivity contribution in [1.82, 2.24) is 0 Å². The van der Waals surface area contributed by atoms with Gasteiger partial charge in [-0.15, -0.1) is 0 Å². The molecule has 2 aliphatic carbocycles. The molecule has 0 heterocycles. The molecular formula is C33H56O2. The van der Waals surface area contributed by atoms with E-state index in [2.05, 4.69) is 38.1 Å². The summed E-state index contributed by atoms with van der Waals surface area (Å²) in [6.45, 7) is 6.34. The molecule has 35 heavy (non-hydrogen) atoms. The predicted octanol–water partition coefficient (Wildman–Crippen LogP) is 10.4. The standard InChI is InChI=1S/C33H56O2/c1-3-5-7-9-14-30-15-10-11-16-31(30)17-12-26-34-32-22-24-33(25-23-32)35-27-29-20-18-28(19-21-29)13-8-6-4-2/h22-25,28-31H,3-21,26-27H2,1-2H3. The molecule has 2 nitrogen and oxygen atoms in total. The molecule has 0 bridgehead atoms. The Morgan fingerprint density at radius 1 is 0.571 bits per heavy atom. The van der Waals surface area contributed by atoms with Crippen molar-refractivity contribution in [3.63, 3.8) is 0 Å². The third kappa shape index (κ3) is 11.2. The Kier molecular flexibility index (Phi) is 14.0. The fraction of sp³-hybridized carbons (Fsp3) is 0.818. The lowest BCUT2D eigenvalue weighted by Crippen LogP contribution is -2.20. The van der Waals surface area contributed by atoms with Crippen LogP contribution in [0.5, 0.6) is 11.5 Å². The lowest BCUT2D eigenvalue weighted by Gasteiger charge is -2.31. The lowest BCUT2D eigenvalue weighted by molar-refractivity contribution is 0.177. The molecule has 2 unspecified atom stereocenters. The Hall–Kier alpha value is -1.18. The zero-order valence-electron chi connectivity index (χ0n) is 23.3. The Labute approximate surface area is 218 Å². The van der Waals surface area contributed by atoms with Gasteiger partial charge in [0.1, 0.15) is 11.5 Å². The number of unbranched alkanes of at least 4 members (excludes halogenated alkanes) is 5. The van der Waals surface area contributed by atoms with Crippen LogP contribution in [0.1, 0.15) is 136 Å². The molecule has 3 rings (SSSR count). The van der Waals surface area contributed by atoms with Gasteiger partial charge in [-0.1, -0.05) is 110 Å². The van der Waals surface area contributed by atoms with Crippen molar-refractivity contribution in [2.75, 3.05) is 13.2 Å². The van der Waals surface area contributed by atoms with Gasteiger partial charge in [-0.25, -0.2) is 0 Å². The summed E-state index contributed by atoms with van der Waals surface area (Å²) in [5.41, 5.74) is 0. The molecule has 1 aromatic carbocycles. The van der Waals surface area contributed by atoms with Crippen molar-refractivity contribution >= 4 is 0 Å². The maximum atomic E-state index is 6.14. The van der Waals surface area contributed by atoms with Crippen molar-refractivity contribution in [2.45, 2.75) is 136 Å². The van der Waals surface area contributed by atoms with Gasteiger partial charge in [0.15, 0.2) is 0 Å². The second-order valence-corrected chi connectivity index (χ2v) is 11.8. The van der Waals surface area contributed by atoms with E-state index in [-0.39, 0.29) is 0 Å². The molecule has 2 heteroatoms. The van der Waals surface area contributed by atoms with Crippen LogP contribution in [0.25, 0.3) is 0 Å². The summed E-state index contributed by atoms with van der Waals surface area (Å²) >= 11 is 0. The van der Waals surface area contributed by atoms with E-state index in [1.807, 2.05) is 0 Å². The fourth-order valence-electron chi connectivity index (χ4n) is 6.63. The second kappa shape index (κ2) is 17.3. The molecule has 0 spiro atoms. The first kappa shape index (κ1) is 28.4. The van der Waals surface area contributed by atoms with Crippen molar-refractivity contribution < 1.29 is 9.47 Å². The predicted molar refractivity (Wildman–Crippen MR) is 150 cm³/mol. The van der Waals surface area contributed by atoms with Crippen LogP contribution in [0.15, 0.2) is 24.3 Å². The molecule has 0 aromatic heterocycles. The maximum Gasteiger partial charge on any atom is 0.119 e. The van der Waals surface area contributed by atoms with E-state index in [9.17, 15) is 0 Å². The molecule has 2 atom stereocenters. The number of hydrogen-bond donors (Lipinski definition) is 0. The van der Waals surface area contributed by atoms with Crippen LogP contribution in [0.3, 0.4) is 0 Å². The summed E-state index contributed by atoms with van der Waals surface area (Å²) in [4.78, 5) is 0. The van der Waals surface area contributed by atoms with Gasteiger partial charge >= 0.3 is 0 Å². The second-order valence-electron chi connectivity index (χ2n) is 11.8. The molecule has 2 saturated carbocycles. The molecule has 0 aliphatic heterocycles. The summed E-state index contributed by atoms with van der Waals surface area (Å²) in [6, 6.07) is 8.38. The molecule has 0 amide bonds. The van der Waals surface area contributed by atoms with Crippen molar-refractivity contribution in [3.8, 4) is 11.5 Å². The Balaban J connectivity index is 1.26. The Morgan fingerprint density at radius 3 is 1.77 bits per heavy atom. The Morgan fingerprint density at radius 2 is 1.11 bits per heavy atom. The van der Waals surface area contributed by atoms with E-state index in [1.165, 1.54) is 122 Å². The summed E-state index contributed by atoms with van der Waals surface area (Å²) < 4.78 is 12.2. The topological polar surface area (TPSA) is 18.5 Å². The van der Waals surface area contributed by atoms with Gasteiger partial charge in [-0.3, -0.25) is 0 Å². The number of ether oxygens (including phenoxy) is 2. The van der Waals surface area contributed by atoms with Crippen LogP contribution in [-0.2, 0) is 0 Å². The minimum atomic E-state index is 0.739. The third-order valence-electron chi connectivity index (χ3n) is 8.97. The van der Waals surface area contributed by atoms with Crippen LogP contribution < -0.4 is 9.47 Å². The zero-order chi connectivity index (χ0) is 24.6. The highest BCUT2D eigenvalue weighted by Gasteiger charge is 2.24. The summed E-state index contributed by atoms with van der Waals surface area (Å²) in [7, 11) is 0. The van der Waals surface area contributed by atoms with E-state index in [0.717, 1.165) is 48.4 Å². The first-order chi connectivity index (χ1) is 17.3. The smallest absolute Gasteiger partial charge is 0.119 e. The zero-order valence-corrected chi connectivity index (χ0v) is 23.3. The van der Waals surface area contributed by atoms with E-state index in [0.29, 0.717) is 0 Å². The number of hydrogen-bond acceptors (Lipinski definition) is 2. The molecule has 1 aromatic rings. The normalized spacial score (nSPS) is 24.9. The van der Waals surface area contributed by atoms with Crippen molar-refractivity contribution in [2.24, 2.45) is 23.7 Å². The third-order valence-corrected chi connectivity index (χ3v) is 8.97. The lowest BCUT2D eigenvalue weighted by atomic mass is 9.74. The molecular weight excluding hydrogens is 428 g/mol. The molecule has 0 radical (unpaired) electrons. The van der Waals surface area contributed by atoms with Crippen LogP contribution >= 0.6 is 0 Å². The highest BCUT2D eigenvalue weighted by atomic mass is 16.5. The number of benzene rings is 1. The van der Waals surface area contributed by atoms with Gasteiger partial charge in [-0.2, -0.15) is 0 Å². The highest BCUT2D eigenvalue weighted by Crippen LogP contribution is 2.36. The molecule has 0 saturated heterocycles. The minimum Gasteiger partial charge on any atom is -0.494 e. The highest BCUT2D eigenvalue weighted by molar-refractivity contribution is 5.31. The van der Waals surface area contributed by atoms with Gasteiger partial charge in [0.2, 0.25) is 0 Å². The summed E-state index contributed by atoms with van der Waals surface area (Å²) in [5, 5.41) is 0. The quantitative estimate of drug-likeness (QED) is 0.205. The van der Waals surface area contributed by atoms with E-state index in [1.54, 1.807) is 0 Å². The van der Waals surface area contributed by atoms with Crippen LogP contribution in [0.4, 0.5) is 0 Å². The molecule has 200 valence electrons. The minimum absolute atomic E-state index is 0.739. The SMILES string of the molecule is CCCCCCC1CCCCC1CCCOc1ccc(OCC2CCC(CCCCC)CC2)cc1. The van der Waals surface area contributed by atoms with E-state index >= 15 is 0 Å². The summed E-state index contributed by atoms with van der Waals surface area (Å²) in [5.74, 6) is 5.62. The maximum absolute atomic E-state index is 6.14. The van der Waals surface area contributed by atoms with Crippen molar-refractivity contribution in [3.05, 3.63) is 24.3 Å². The molecule has 2 fully saturated rings. The molecule has 2 aliphatic rings.